The van der Waals surface area contributed by atoms with Crippen molar-refractivity contribution in [3.05, 3.63) is 90.6 Å². The third-order valence-corrected chi connectivity index (χ3v) is 6.21. The highest BCUT2D eigenvalue weighted by molar-refractivity contribution is 6.23. The van der Waals surface area contributed by atoms with Crippen molar-refractivity contribution >= 4 is 49.3 Å². The molecule has 4 heterocycles. The van der Waals surface area contributed by atoms with E-state index in [1.165, 1.54) is 0 Å². The van der Waals surface area contributed by atoms with Gasteiger partial charge in [0.25, 0.3) is 0 Å². The van der Waals surface area contributed by atoms with E-state index in [9.17, 15) is 0 Å². The van der Waals surface area contributed by atoms with Crippen LogP contribution < -0.4 is 0 Å². The number of hydrogen-bond acceptors (Lipinski definition) is 3. The third-order valence-electron chi connectivity index (χ3n) is 6.21. The highest BCUT2D eigenvalue weighted by atomic mass is 16.3. The maximum atomic E-state index is 6.14. The van der Waals surface area contributed by atoms with Crippen molar-refractivity contribution in [3.63, 3.8) is 0 Å². The number of furan rings is 1. The first-order valence-electron chi connectivity index (χ1n) is 10.4. The Balaban J connectivity index is 1.80. The molecule has 7 rings (SSSR count). The van der Waals surface area contributed by atoms with E-state index >= 15 is 0 Å². The molecule has 0 aliphatic rings. The van der Waals surface area contributed by atoms with E-state index < -0.39 is 0 Å². The molecule has 0 N–H and O–H groups in total. The molecule has 0 aliphatic carbocycles. The summed E-state index contributed by atoms with van der Waals surface area (Å²) in [6.07, 6.45) is 1.84. The van der Waals surface area contributed by atoms with Crippen molar-refractivity contribution in [2.75, 3.05) is 0 Å². The maximum absolute atomic E-state index is 6.14. The van der Waals surface area contributed by atoms with Gasteiger partial charge in [-0.05, 0) is 13.0 Å². The van der Waals surface area contributed by atoms with E-state index in [4.69, 9.17) is 14.5 Å². The van der Waals surface area contributed by atoms with Crippen LogP contribution >= 0.6 is 0 Å². The molecular formula is C27H17N3O. The van der Waals surface area contributed by atoms with Crippen LogP contribution in [0.3, 0.4) is 0 Å². The summed E-state index contributed by atoms with van der Waals surface area (Å²) in [7, 11) is 0. The number of benzene rings is 3. The molecule has 4 nitrogen and oxygen atoms in total. The average Bonchev–Trinajstić information content (AvgIpc) is 3.37. The molecule has 0 unspecified atom stereocenters. The van der Waals surface area contributed by atoms with E-state index in [1.54, 1.807) is 0 Å². The number of fused-ring (bicyclic) bond motifs is 10. The Labute approximate surface area is 177 Å². The lowest BCUT2D eigenvalue weighted by Crippen LogP contribution is -1.95. The lowest BCUT2D eigenvalue weighted by molar-refractivity contribution is 0.667. The van der Waals surface area contributed by atoms with Crippen LogP contribution in [0.25, 0.3) is 60.5 Å². The van der Waals surface area contributed by atoms with Gasteiger partial charge in [-0.3, -0.25) is 4.98 Å². The number of pyridine rings is 2. The number of aryl methyl sites for hydroxylation is 1. The zero-order valence-electron chi connectivity index (χ0n) is 16.8. The molecule has 0 atom stereocenters. The minimum Gasteiger partial charge on any atom is -0.454 e. The summed E-state index contributed by atoms with van der Waals surface area (Å²) in [6.45, 7) is 2.16. The molecule has 0 saturated carbocycles. The average molecular weight is 399 g/mol. The Kier molecular flexibility index (Phi) is 3.17. The summed E-state index contributed by atoms with van der Waals surface area (Å²) in [4.78, 5) is 4.84. The lowest BCUT2D eigenvalue weighted by atomic mass is 10.0. The molecule has 4 heteroatoms. The summed E-state index contributed by atoms with van der Waals surface area (Å²) in [6, 6.07) is 27.0. The zero-order valence-corrected chi connectivity index (χ0v) is 16.8. The van der Waals surface area contributed by atoms with E-state index in [0.717, 1.165) is 66.1 Å². The van der Waals surface area contributed by atoms with Gasteiger partial charge in [0, 0.05) is 27.3 Å². The third kappa shape index (κ3) is 2.14. The van der Waals surface area contributed by atoms with Crippen LogP contribution in [0, 0.1) is 6.92 Å². The highest BCUT2D eigenvalue weighted by Gasteiger charge is 2.21. The zero-order chi connectivity index (χ0) is 20.5. The molecule has 0 saturated heterocycles. The Bertz CT molecular complexity index is 1790. The molecule has 7 aromatic rings. The minimum atomic E-state index is 0.777. The van der Waals surface area contributed by atoms with Crippen molar-refractivity contribution in [2.24, 2.45) is 0 Å². The van der Waals surface area contributed by atoms with Gasteiger partial charge in [-0.15, -0.1) is 0 Å². The Morgan fingerprint density at radius 2 is 1.42 bits per heavy atom. The molecule has 0 spiro atoms. The van der Waals surface area contributed by atoms with Gasteiger partial charge in [0.15, 0.2) is 5.58 Å². The van der Waals surface area contributed by atoms with Crippen molar-refractivity contribution in [1.82, 2.24) is 14.6 Å². The molecular weight excluding hydrogens is 382 g/mol. The minimum absolute atomic E-state index is 0.777. The number of aromatic nitrogens is 3. The first-order chi connectivity index (χ1) is 15.3. The van der Waals surface area contributed by atoms with Crippen LogP contribution in [0.5, 0.6) is 0 Å². The van der Waals surface area contributed by atoms with Crippen molar-refractivity contribution in [2.45, 2.75) is 6.92 Å². The van der Waals surface area contributed by atoms with Gasteiger partial charge in [-0.1, -0.05) is 72.8 Å². The van der Waals surface area contributed by atoms with Gasteiger partial charge in [0.05, 0.1) is 28.3 Å². The molecule has 0 bridgehead atoms. The lowest BCUT2D eigenvalue weighted by Gasteiger charge is -2.08. The maximum Gasteiger partial charge on any atom is 0.155 e. The molecule has 0 amide bonds. The van der Waals surface area contributed by atoms with Crippen molar-refractivity contribution in [1.29, 1.82) is 0 Å². The fourth-order valence-corrected chi connectivity index (χ4v) is 4.85. The van der Waals surface area contributed by atoms with Gasteiger partial charge in [-0.2, -0.15) is 5.10 Å². The standard InChI is InChI=1S/C27H17N3O/c1-16-24(17-9-3-2-4-10-17)29-30-26(16)19-12-6-5-11-18(19)25-27(30)23-20-13-7-8-14-21(20)31-22(23)15-28-25/h2-15H,1H3. The molecule has 31 heavy (non-hydrogen) atoms. The monoisotopic (exact) mass is 399 g/mol. The summed E-state index contributed by atoms with van der Waals surface area (Å²) >= 11 is 0. The quantitative estimate of drug-likeness (QED) is 0.282. The van der Waals surface area contributed by atoms with Gasteiger partial charge in [-0.25, -0.2) is 4.52 Å². The van der Waals surface area contributed by atoms with Crippen LogP contribution in [-0.2, 0) is 0 Å². The summed E-state index contributed by atoms with van der Waals surface area (Å²) in [5, 5.41) is 9.55. The van der Waals surface area contributed by atoms with Crippen molar-refractivity contribution < 1.29 is 4.42 Å². The largest absolute Gasteiger partial charge is 0.454 e. The van der Waals surface area contributed by atoms with Crippen LogP contribution in [-0.4, -0.2) is 14.6 Å². The fraction of sp³-hybridized carbons (Fsp3) is 0.0370. The van der Waals surface area contributed by atoms with Crippen LogP contribution in [0.2, 0.25) is 0 Å². The second-order valence-electron chi connectivity index (χ2n) is 7.94. The number of nitrogens with zero attached hydrogens (tertiary/aromatic N) is 3. The van der Waals surface area contributed by atoms with E-state index in [2.05, 4.69) is 66.0 Å². The molecule has 3 aromatic carbocycles. The first kappa shape index (κ1) is 16.6. The number of rotatable bonds is 1. The summed E-state index contributed by atoms with van der Waals surface area (Å²) < 4.78 is 8.22. The van der Waals surface area contributed by atoms with Gasteiger partial charge in [0.1, 0.15) is 11.1 Å². The SMILES string of the molecule is Cc1c(-c2ccccc2)nn2c1c1ccccc1c1ncc3oc4ccccc4c3c12. The smallest absolute Gasteiger partial charge is 0.155 e. The predicted octanol–water partition coefficient (Wildman–Crippen LogP) is 6.91. The summed E-state index contributed by atoms with van der Waals surface area (Å²) in [5.41, 5.74) is 7.93. The van der Waals surface area contributed by atoms with Crippen molar-refractivity contribution in [3.8, 4) is 11.3 Å². The van der Waals surface area contributed by atoms with E-state index in [-0.39, 0.29) is 0 Å². The predicted molar refractivity (Wildman–Crippen MR) is 125 cm³/mol. The second-order valence-corrected chi connectivity index (χ2v) is 7.94. The second kappa shape index (κ2) is 5.92. The molecule has 146 valence electrons. The van der Waals surface area contributed by atoms with E-state index in [0.29, 0.717) is 0 Å². The molecule has 0 fully saturated rings. The first-order valence-corrected chi connectivity index (χ1v) is 10.4. The molecule has 0 aliphatic heterocycles. The van der Waals surface area contributed by atoms with Crippen LogP contribution in [0.15, 0.2) is 89.5 Å². The van der Waals surface area contributed by atoms with Gasteiger partial charge >= 0.3 is 0 Å². The van der Waals surface area contributed by atoms with E-state index in [1.807, 2.05) is 30.5 Å². The summed E-state index contributed by atoms with van der Waals surface area (Å²) in [5.74, 6) is 0. The Morgan fingerprint density at radius 1 is 0.710 bits per heavy atom. The van der Waals surface area contributed by atoms with Gasteiger partial charge in [0.2, 0.25) is 0 Å². The molecule has 0 radical (unpaired) electrons. The van der Waals surface area contributed by atoms with Gasteiger partial charge < -0.3 is 4.42 Å². The normalized spacial score (nSPS) is 12.0. The Hall–Kier alpha value is -4.18. The topological polar surface area (TPSA) is 43.3 Å². The van der Waals surface area contributed by atoms with Crippen LogP contribution in [0.4, 0.5) is 0 Å². The Morgan fingerprint density at radius 3 is 2.26 bits per heavy atom. The fourth-order valence-electron chi connectivity index (χ4n) is 4.85. The highest BCUT2D eigenvalue weighted by Crippen LogP contribution is 2.39. The number of hydrogen-bond donors (Lipinski definition) is 0. The number of para-hydroxylation sites is 1. The van der Waals surface area contributed by atoms with Crippen LogP contribution in [0.1, 0.15) is 5.56 Å². The molecule has 4 aromatic heterocycles.